The number of hydrogen-bond acceptors (Lipinski definition) is 5. The molecule has 0 amide bonds. The molecule has 0 N–H and O–H groups in total. The predicted octanol–water partition coefficient (Wildman–Crippen LogP) is 4.58. The minimum absolute atomic E-state index is 0.287. The molecule has 0 aliphatic carbocycles. The Morgan fingerprint density at radius 1 is 1.00 bits per heavy atom. The van der Waals surface area contributed by atoms with Gasteiger partial charge in [-0.1, -0.05) is 66.7 Å². The van der Waals surface area contributed by atoms with Gasteiger partial charge in [0.05, 0.1) is 26.1 Å². The molecule has 3 rings (SSSR count). The molecule has 0 saturated heterocycles. The molecular weight excluding hydrogens is 380 g/mol. The van der Waals surface area contributed by atoms with E-state index >= 15 is 0 Å². The van der Waals surface area contributed by atoms with E-state index in [1.807, 2.05) is 60.7 Å². The van der Waals surface area contributed by atoms with Crippen LogP contribution in [-0.4, -0.2) is 30.9 Å². The molecule has 1 heterocycles. The van der Waals surface area contributed by atoms with Gasteiger partial charge >= 0.3 is 5.97 Å². The highest BCUT2D eigenvalue weighted by Gasteiger charge is 2.36. The van der Waals surface area contributed by atoms with Crippen molar-refractivity contribution in [2.24, 2.45) is 0 Å². The van der Waals surface area contributed by atoms with Crippen molar-refractivity contribution >= 4 is 5.97 Å². The molecule has 2 aromatic rings. The van der Waals surface area contributed by atoms with E-state index in [9.17, 15) is 4.79 Å². The second-order valence-electron chi connectivity index (χ2n) is 7.05. The third kappa shape index (κ3) is 6.87. The lowest BCUT2D eigenvalue weighted by Gasteiger charge is -2.34. The zero-order chi connectivity index (χ0) is 21.0. The summed E-state index contributed by atoms with van der Waals surface area (Å²) in [4.78, 5) is 12.2. The van der Waals surface area contributed by atoms with Gasteiger partial charge in [-0.25, -0.2) is 0 Å². The largest absolute Gasteiger partial charge is 0.493 e. The van der Waals surface area contributed by atoms with Gasteiger partial charge in [0.1, 0.15) is 6.10 Å². The number of rotatable bonds is 11. The van der Waals surface area contributed by atoms with Crippen LogP contribution in [0.1, 0.15) is 24.0 Å². The molecule has 1 aliphatic rings. The van der Waals surface area contributed by atoms with Crippen LogP contribution in [0.4, 0.5) is 0 Å². The lowest BCUT2D eigenvalue weighted by molar-refractivity contribution is -0.169. The first kappa shape index (κ1) is 21.8. The standard InChI is InChI=1S/C25H28O5/c1-2-3-14-24(26)30-22-15-16-28-23(19-27-17-20-10-6-4-7-11-20)25(22)29-18-21-12-8-5-9-13-21/h2,4-13,15-16,22-23,25H,1,3,14,17-19H2/t22-,23+,25+/m0/s1. The van der Waals surface area contributed by atoms with Gasteiger partial charge in [-0.05, 0) is 23.6 Å². The number of allylic oxidation sites excluding steroid dienone is 1. The topological polar surface area (TPSA) is 54.0 Å². The smallest absolute Gasteiger partial charge is 0.306 e. The third-order valence-corrected chi connectivity index (χ3v) is 4.71. The summed E-state index contributed by atoms with van der Waals surface area (Å²) in [5.74, 6) is -0.288. The van der Waals surface area contributed by atoms with Gasteiger partial charge < -0.3 is 18.9 Å². The Morgan fingerprint density at radius 2 is 1.67 bits per heavy atom. The Morgan fingerprint density at radius 3 is 2.33 bits per heavy atom. The second kappa shape index (κ2) is 12.0. The Balaban J connectivity index is 1.62. The highest BCUT2D eigenvalue weighted by molar-refractivity contribution is 5.70. The molecule has 30 heavy (non-hydrogen) atoms. The maximum Gasteiger partial charge on any atom is 0.306 e. The fourth-order valence-corrected chi connectivity index (χ4v) is 3.13. The predicted molar refractivity (Wildman–Crippen MR) is 114 cm³/mol. The van der Waals surface area contributed by atoms with E-state index in [4.69, 9.17) is 18.9 Å². The lowest BCUT2D eigenvalue weighted by atomic mass is 10.1. The molecule has 3 atom stereocenters. The van der Waals surface area contributed by atoms with Crippen LogP contribution in [0.25, 0.3) is 0 Å². The zero-order valence-electron chi connectivity index (χ0n) is 17.0. The molecule has 0 bridgehead atoms. The Labute approximate surface area is 177 Å². The van der Waals surface area contributed by atoms with Gasteiger partial charge in [-0.15, -0.1) is 6.58 Å². The Kier molecular flexibility index (Phi) is 8.69. The Bertz CT molecular complexity index is 803. The Hall–Kier alpha value is -2.89. The van der Waals surface area contributed by atoms with E-state index in [1.165, 1.54) is 0 Å². The van der Waals surface area contributed by atoms with Crippen LogP contribution in [0.15, 0.2) is 85.7 Å². The molecule has 0 saturated carbocycles. The molecule has 0 spiro atoms. The zero-order valence-corrected chi connectivity index (χ0v) is 17.0. The van der Waals surface area contributed by atoms with Gasteiger partial charge in [0, 0.05) is 6.42 Å². The highest BCUT2D eigenvalue weighted by atomic mass is 16.6. The maximum atomic E-state index is 12.2. The number of carbonyl (C=O) groups excluding carboxylic acids is 1. The van der Waals surface area contributed by atoms with Crippen LogP contribution in [0.2, 0.25) is 0 Å². The van der Waals surface area contributed by atoms with E-state index in [1.54, 1.807) is 18.4 Å². The summed E-state index contributed by atoms with van der Waals surface area (Å²) in [7, 11) is 0. The molecule has 5 heteroatoms. The number of esters is 1. The SMILES string of the molecule is C=CCCC(=O)O[C@H]1C=CO[C@H](COCc2ccccc2)[C@@H]1OCc1ccccc1. The van der Waals surface area contributed by atoms with Crippen molar-refractivity contribution in [3.8, 4) is 0 Å². The summed E-state index contributed by atoms with van der Waals surface area (Å²) in [6.45, 7) is 4.82. The minimum Gasteiger partial charge on any atom is -0.493 e. The van der Waals surface area contributed by atoms with Crippen molar-refractivity contribution in [2.75, 3.05) is 6.61 Å². The molecule has 0 fully saturated rings. The van der Waals surface area contributed by atoms with Crippen molar-refractivity contribution in [1.29, 1.82) is 0 Å². The van der Waals surface area contributed by atoms with Gasteiger partial charge in [-0.3, -0.25) is 4.79 Å². The van der Waals surface area contributed by atoms with Gasteiger partial charge in [0.15, 0.2) is 12.2 Å². The molecule has 158 valence electrons. The molecule has 0 aromatic heterocycles. The fraction of sp³-hybridized carbons (Fsp3) is 0.320. The molecule has 5 nitrogen and oxygen atoms in total. The molecular formula is C25H28O5. The van der Waals surface area contributed by atoms with Gasteiger partial charge in [-0.2, -0.15) is 0 Å². The van der Waals surface area contributed by atoms with Crippen LogP contribution in [0.5, 0.6) is 0 Å². The number of ether oxygens (including phenoxy) is 4. The van der Waals surface area contributed by atoms with Crippen molar-refractivity contribution in [3.05, 3.63) is 96.8 Å². The fourth-order valence-electron chi connectivity index (χ4n) is 3.13. The van der Waals surface area contributed by atoms with Gasteiger partial charge in [0.25, 0.3) is 0 Å². The summed E-state index contributed by atoms with van der Waals surface area (Å²) in [6.07, 6.45) is 4.44. The van der Waals surface area contributed by atoms with Gasteiger partial charge in [0.2, 0.25) is 0 Å². The van der Waals surface area contributed by atoms with Crippen molar-refractivity contribution in [2.45, 2.75) is 44.4 Å². The summed E-state index contributed by atoms with van der Waals surface area (Å²) >= 11 is 0. The first-order chi connectivity index (χ1) is 14.8. The normalized spacial score (nSPS) is 20.3. The highest BCUT2D eigenvalue weighted by Crippen LogP contribution is 2.22. The molecule has 2 aromatic carbocycles. The van der Waals surface area contributed by atoms with Crippen LogP contribution in [-0.2, 0) is 37.0 Å². The average molecular weight is 408 g/mol. The molecule has 0 unspecified atom stereocenters. The molecule has 1 aliphatic heterocycles. The first-order valence-corrected chi connectivity index (χ1v) is 10.2. The summed E-state index contributed by atoms with van der Waals surface area (Å²) in [5, 5.41) is 0. The average Bonchev–Trinajstić information content (AvgIpc) is 2.78. The van der Waals surface area contributed by atoms with Crippen LogP contribution < -0.4 is 0 Å². The number of hydrogen-bond donors (Lipinski definition) is 0. The van der Waals surface area contributed by atoms with Crippen molar-refractivity contribution < 1.29 is 23.7 Å². The van der Waals surface area contributed by atoms with E-state index < -0.39 is 12.2 Å². The number of carbonyl (C=O) groups is 1. The first-order valence-electron chi connectivity index (χ1n) is 10.2. The van der Waals surface area contributed by atoms with E-state index in [0.29, 0.717) is 26.2 Å². The van der Waals surface area contributed by atoms with Crippen molar-refractivity contribution in [1.82, 2.24) is 0 Å². The minimum atomic E-state index is -0.537. The summed E-state index contributed by atoms with van der Waals surface area (Å²) < 4.78 is 23.4. The van der Waals surface area contributed by atoms with Crippen LogP contribution in [0, 0.1) is 0 Å². The summed E-state index contributed by atoms with van der Waals surface area (Å²) in [5.41, 5.74) is 2.12. The van der Waals surface area contributed by atoms with E-state index in [-0.39, 0.29) is 18.5 Å². The maximum absolute atomic E-state index is 12.2. The van der Waals surface area contributed by atoms with Crippen LogP contribution >= 0.6 is 0 Å². The number of benzene rings is 2. The quantitative estimate of drug-likeness (QED) is 0.402. The third-order valence-electron chi connectivity index (χ3n) is 4.71. The second-order valence-corrected chi connectivity index (χ2v) is 7.05. The summed E-state index contributed by atoms with van der Waals surface area (Å²) in [6, 6.07) is 19.8. The van der Waals surface area contributed by atoms with Crippen molar-refractivity contribution in [3.63, 3.8) is 0 Å². The molecule has 0 radical (unpaired) electrons. The van der Waals surface area contributed by atoms with E-state index in [2.05, 4.69) is 6.58 Å². The monoisotopic (exact) mass is 408 g/mol. The lowest BCUT2D eigenvalue weighted by Crippen LogP contribution is -2.46. The van der Waals surface area contributed by atoms with Crippen LogP contribution in [0.3, 0.4) is 0 Å². The van der Waals surface area contributed by atoms with E-state index in [0.717, 1.165) is 11.1 Å².